The number of amides is 1. The largest absolute Gasteiger partial charge is 0.496 e. The summed E-state index contributed by atoms with van der Waals surface area (Å²) in [5.41, 5.74) is 3.75. The molecule has 0 aliphatic rings. The number of methoxy groups -OCH3 is 1. The van der Waals surface area contributed by atoms with E-state index in [2.05, 4.69) is 31.4 Å². The van der Waals surface area contributed by atoms with E-state index in [9.17, 15) is 4.79 Å². The summed E-state index contributed by atoms with van der Waals surface area (Å²) in [5.74, 6) is 0.369. The van der Waals surface area contributed by atoms with Crippen molar-refractivity contribution in [2.24, 2.45) is 5.10 Å². The van der Waals surface area contributed by atoms with E-state index in [1.807, 2.05) is 6.07 Å². The Morgan fingerprint density at radius 1 is 1.45 bits per heavy atom. The third kappa shape index (κ3) is 3.64. The zero-order chi connectivity index (χ0) is 14.4. The van der Waals surface area contributed by atoms with Crippen LogP contribution in [0.1, 0.15) is 15.9 Å². The third-order valence-corrected chi connectivity index (χ3v) is 3.10. The molecule has 1 aromatic carbocycles. The van der Waals surface area contributed by atoms with Crippen molar-refractivity contribution in [2.45, 2.75) is 0 Å². The molecule has 102 valence electrons. The molecule has 0 bridgehead atoms. The van der Waals surface area contributed by atoms with Gasteiger partial charge in [-0.25, -0.2) is 5.43 Å². The second kappa shape index (κ2) is 6.81. The van der Waals surface area contributed by atoms with Gasteiger partial charge in [0.2, 0.25) is 0 Å². The second-order valence-electron chi connectivity index (χ2n) is 3.83. The summed E-state index contributed by atoms with van der Waals surface area (Å²) in [6.45, 7) is 0. The van der Waals surface area contributed by atoms with Gasteiger partial charge in [0.25, 0.3) is 5.91 Å². The average Bonchev–Trinajstić information content (AvgIpc) is 2.48. The van der Waals surface area contributed by atoms with Crippen LogP contribution in [0.3, 0.4) is 0 Å². The van der Waals surface area contributed by atoms with Crippen molar-refractivity contribution in [3.63, 3.8) is 0 Å². The van der Waals surface area contributed by atoms with Gasteiger partial charge < -0.3 is 4.74 Å². The van der Waals surface area contributed by atoms with Gasteiger partial charge in [0.05, 0.1) is 17.8 Å². The smallest absolute Gasteiger partial charge is 0.271 e. The first-order chi connectivity index (χ1) is 9.70. The molecule has 1 amide bonds. The van der Waals surface area contributed by atoms with Crippen molar-refractivity contribution < 1.29 is 9.53 Å². The molecule has 2 aromatic rings. The van der Waals surface area contributed by atoms with Gasteiger partial charge in [0.15, 0.2) is 0 Å². The number of aromatic nitrogens is 1. The maximum atomic E-state index is 11.9. The van der Waals surface area contributed by atoms with Crippen LogP contribution in [0.15, 0.2) is 52.3 Å². The molecule has 2 rings (SSSR count). The van der Waals surface area contributed by atoms with Crippen LogP contribution in [0.5, 0.6) is 5.75 Å². The second-order valence-corrected chi connectivity index (χ2v) is 4.69. The topological polar surface area (TPSA) is 63.6 Å². The first kappa shape index (κ1) is 14.2. The van der Waals surface area contributed by atoms with Crippen LogP contribution in [-0.2, 0) is 0 Å². The predicted octanol–water partition coefficient (Wildman–Crippen LogP) is 2.62. The number of benzene rings is 1. The summed E-state index contributed by atoms with van der Waals surface area (Å²) in [6, 6.07) is 8.69. The fourth-order valence-corrected chi connectivity index (χ4v) is 2.03. The number of carbonyl (C=O) groups excluding carboxylic acids is 1. The monoisotopic (exact) mass is 333 g/mol. The number of pyridine rings is 1. The molecule has 1 N–H and O–H groups in total. The number of hydrogen-bond donors (Lipinski definition) is 1. The summed E-state index contributed by atoms with van der Waals surface area (Å²) < 4.78 is 5.82. The van der Waals surface area contributed by atoms with Gasteiger partial charge in [0.1, 0.15) is 5.75 Å². The molecule has 0 radical (unpaired) electrons. The van der Waals surface area contributed by atoms with E-state index in [-0.39, 0.29) is 5.91 Å². The molecule has 20 heavy (non-hydrogen) atoms. The number of nitrogens with zero attached hydrogens (tertiary/aromatic N) is 2. The molecule has 5 nitrogen and oxygen atoms in total. The number of rotatable bonds is 4. The molecule has 0 saturated heterocycles. The highest BCUT2D eigenvalue weighted by Crippen LogP contribution is 2.25. The molecule has 0 unspecified atom stereocenters. The lowest BCUT2D eigenvalue weighted by molar-refractivity contribution is 0.0955. The Labute approximate surface area is 124 Å². The summed E-state index contributed by atoms with van der Waals surface area (Å²) >= 11 is 3.33. The number of halogens is 1. The molecular formula is C14H12BrN3O2. The van der Waals surface area contributed by atoms with Crippen LogP contribution in [0.25, 0.3) is 0 Å². The molecule has 6 heteroatoms. The summed E-state index contributed by atoms with van der Waals surface area (Å²) in [7, 11) is 1.57. The Morgan fingerprint density at radius 2 is 2.30 bits per heavy atom. The van der Waals surface area contributed by atoms with Crippen LogP contribution < -0.4 is 10.2 Å². The van der Waals surface area contributed by atoms with Crippen molar-refractivity contribution in [1.82, 2.24) is 10.4 Å². The number of ether oxygens (including phenoxy) is 1. The zero-order valence-corrected chi connectivity index (χ0v) is 12.3. The molecule has 1 heterocycles. The van der Waals surface area contributed by atoms with Gasteiger partial charge in [-0.1, -0.05) is 6.07 Å². The Balaban J connectivity index is 2.02. The lowest BCUT2D eigenvalue weighted by atomic mass is 10.2. The minimum Gasteiger partial charge on any atom is -0.496 e. The average molecular weight is 334 g/mol. The van der Waals surface area contributed by atoms with Gasteiger partial charge in [-0.3, -0.25) is 9.78 Å². The zero-order valence-electron chi connectivity index (χ0n) is 10.7. The van der Waals surface area contributed by atoms with Gasteiger partial charge >= 0.3 is 0 Å². The lowest BCUT2D eigenvalue weighted by Gasteiger charge is -2.05. The minimum atomic E-state index is -0.298. The quantitative estimate of drug-likeness (QED) is 0.691. The molecule has 0 saturated carbocycles. The highest BCUT2D eigenvalue weighted by molar-refractivity contribution is 9.10. The van der Waals surface area contributed by atoms with E-state index in [1.54, 1.807) is 43.8 Å². The number of nitrogens with one attached hydrogen (secondary N) is 1. The van der Waals surface area contributed by atoms with Crippen LogP contribution in [0.4, 0.5) is 0 Å². The van der Waals surface area contributed by atoms with Gasteiger partial charge in [-0.15, -0.1) is 0 Å². The Kier molecular flexibility index (Phi) is 4.84. The molecule has 0 atom stereocenters. The van der Waals surface area contributed by atoms with Crippen molar-refractivity contribution in [3.05, 3.63) is 58.3 Å². The van der Waals surface area contributed by atoms with Crippen LogP contribution >= 0.6 is 15.9 Å². The third-order valence-electron chi connectivity index (χ3n) is 2.48. The van der Waals surface area contributed by atoms with Crippen molar-refractivity contribution in [1.29, 1.82) is 0 Å². The number of hydrazone groups is 1. The summed E-state index contributed by atoms with van der Waals surface area (Å²) in [5, 5.41) is 3.88. The first-order valence-electron chi connectivity index (χ1n) is 5.77. The fourth-order valence-electron chi connectivity index (χ4n) is 1.49. The standard InChI is InChI=1S/C14H12BrN3O2/c1-20-13-5-4-11(7-12(13)15)14(19)18-17-9-10-3-2-6-16-8-10/h2-9H,1H3,(H,18,19)/b17-9+. The first-order valence-corrected chi connectivity index (χ1v) is 6.57. The van der Waals surface area contributed by atoms with E-state index in [0.717, 1.165) is 5.56 Å². The lowest BCUT2D eigenvalue weighted by Crippen LogP contribution is -2.17. The van der Waals surface area contributed by atoms with Crippen molar-refractivity contribution in [3.8, 4) is 5.75 Å². The van der Waals surface area contributed by atoms with E-state index < -0.39 is 0 Å². The number of hydrogen-bond acceptors (Lipinski definition) is 4. The van der Waals surface area contributed by atoms with E-state index in [4.69, 9.17) is 4.74 Å². The maximum Gasteiger partial charge on any atom is 0.271 e. The highest BCUT2D eigenvalue weighted by atomic mass is 79.9. The normalized spacial score (nSPS) is 10.5. The van der Waals surface area contributed by atoms with Crippen molar-refractivity contribution in [2.75, 3.05) is 7.11 Å². The van der Waals surface area contributed by atoms with Crippen LogP contribution in [0.2, 0.25) is 0 Å². The molecule has 1 aromatic heterocycles. The van der Waals surface area contributed by atoms with Crippen LogP contribution in [0, 0.1) is 0 Å². The minimum absolute atomic E-state index is 0.298. The predicted molar refractivity (Wildman–Crippen MR) is 80.0 cm³/mol. The molecule has 0 aliphatic carbocycles. The van der Waals surface area contributed by atoms with E-state index in [1.165, 1.54) is 6.21 Å². The SMILES string of the molecule is COc1ccc(C(=O)N/N=C/c2cccnc2)cc1Br. The Bertz CT molecular complexity index is 630. The Morgan fingerprint density at radius 3 is 2.95 bits per heavy atom. The van der Waals surface area contributed by atoms with Crippen LogP contribution in [-0.4, -0.2) is 24.2 Å². The summed E-state index contributed by atoms with van der Waals surface area (Å²) in [6.07, 6.45) is 4.86. The molecule has 0 fully saturated rings. The molecule has 0 aliphatic heterocycles. The maximum absolute atomic E-state index is 11.9. The highest BCUT2D eigenvalue weighted by Gasteiger charge is 2.07. The van der Waals surface area contributed by atoms with E-state index >= 15 is 0 Å². The Hall–Kier alpha value is -2.21. The van der Waals surface area contributed by atoms with Crippen molar-refractivity contribution >= 4 is 28.1 Å². The fraction of sp³-hybridized carbons (Fsp3) is 0.0714. The van der Waals surface area contributed by atoms with Gasteiger partial charge in [-0.2, -0.15) is 5.10 Å². The molecular weight excluding hydrogens is 322 g/mol. The van der Waals surface area contributed by atoms with E-state index in [0.29, 0.717) is 15.8 Å². The summed E-state index contributed by atoms with van der Waals surface area (Å²) in [4.78, 5) is 15.8. The molecule has 0 spiro atoms. The number of carbonyl (C=O) groups is 1. The van der Waals surface area contributed by atoms with Gasteiger partial charge in [-0.05, 0) is 40.2 Å². The van der Waals surface area contributed by atoms with Gasteiger partial charge in [0, 0.05) is 23.5 Å².